The predicted molar refractivity (Wildman–Crippen MR) is 76.3 cm³/mol. The topological polar surface area (TPSA) is 72.2 Å². The van der Waals surface area contributed by atoms with Crippen LogP contribution in [-0.4, -0.2) is 8.42 Å². The summed E-state index contributed by atoms with van der Waals surface area (Å²) < 4.78 is 39.5. The van der Waals surface area contributed by atoms with E-state index < -0.39 is 15.8 Å². The Kier molecular flexibility index (Phi) is 4.27. The van der Waals surface area contributed by atoms with Crippen molar-refractivity contribution < 1.29 is 12.8 Å². The van der Waals surface area contributed by atoms with Crippen molar-refractivity contribution in [1.82, 2.24) is 4.72 Å². The Balaban J connectivity index is 2.14. The van der Waals surface area contributed by atoms with Crippen LogP contribution in [0.3, 0.4) is 0 Å². The van der Waals surface area contributed by atoms with Gasteiger partial charge in [-0.1, -0.05) is 23.7 Å². The highest BCUT2D eigenvalue weighted by atomic mass is 35.5. The zero-order valence-corrected chi connectivity index (χ0v) is 11.9. The molecule has 0 fully saturated rings. The first-order valence-electron chi connectivity index (χ1n) is 5.67. The number of rotatable bonds is 4. The molecule has 3 N–H and O–H groups in total. The first-order chi connectivity index (χ1) is 9.38. The molecule has 0 aromatic heterocycles. The van der Waals surface area contributed by atoms with E-state index in [1.807, 2.05) is 0 Å². The van der Waals surface area contributed by atoms with E-state index in [0.717, 1.165) is 23.8 Å². The van der Waals surface area contributed by atoms with Crippen molar-refractivity contribution >= 4 is 27.3 Å². The molecule has 0 saturated heterocycles. The molecule has 0 bridgehead atoms. The summed E-state index contributed by atoms with van der Waals surface area (Å²) in [6.45, 7) is 0.109. The van der Waals surface area contributed by atoms with Crippen LogP contribution in [0, 0.1) is 5.82 Å². The van der Waals surface area contributed by atoms with Crippen molar-refractivity contribution in [2.45, 2.75) is 11.4 Å². The Hall–Kier alpha value is -1.63. The monoisotopic (exact) mass is 314 g/mol. The highest BCUT2D eigenvalue weighted by molar-refractivity contribution is 7.89. The molecule has 2 rings (SSSR count). The largest absolute Gasteiger partial charge is 0.399 e. The Morgan fingerprint density at radius 2 is 1.80 bits per heavy atom. The molecule has 0 heterocycles. The maximum absolute atomic E-state index is 13.0. The standard InChI is InChI=1S/C13H12ClFN2O2S/c14-12-7-11(5-6-13(12)15)20(18,19)17-8-9-1-3-10(16)4-2-9/h1-7,17H,8,16H2. The van der Waals surface area contributed by atoms with Gasteiger partial charge in [0.25, 0.3) is 0 Å². The fourth-order valence-electron chi connectivity index (χ4n) is 1.54. The molecule has 2 aromatic carbocycles. The van der Waals surface area contributed by atoms with Crippen LogP contribution >= 0.6 is 11.6 Å². The van der Waals surface area contributed by atoms with Gasteiger partial charge in [0.05, 0.1) is 9.92 Å². The number of halogens is 2. The Bertz CT molecular complexity index is 718. The van der Waals surface area contributed by atoms with Crippen LogP contribution in [0.25, 0.3) is 0 Å². The third-order valence-corrected chi connectivity index (χ3v) is 4.34. The Morgan fingerprint density at radius 1 is 1.15 bits per heavy atom. The first-order valence-corrected chi connectivity index (χ1v) is 7.54. The predicted octanol–water partition coefficient (Wildman–Crippen LogP) is 2.54. The molecule has 0 atom stereocenters. The summed E-state index contributed by atoms with van der Waals surface area (Å²) >= 11 is 5.57. The van der Waals surface area contributed by atoms with E-state index in [2.05, 4.69) is 4.72 Å². The Labute approximate surface area is 121 Å². The van der Waals surface area contributed by atoms with Crippen LogP contribution in [0.4, 0.5) is 10.1 Å². The van der Waals surface area contributed by atoms with Gasteiger partial charge >= 0.3 is 0 Å². The van der Waals surface area contributed by atoms with Crippen LogP contribution in [0.1, 0.15) is 5.56 Å². The summed E-state index contributed by atoms with van der Waals surface area (Å²) in [7, 11) is -3.74. The average molecular weight is 315 g/mol. The van der Waals surface area contributed by atoms with Gasteiger partial charge in [0.2, 0.25) is 10.0 Å². The molecule has 0 aliphatic heterocycles. The van der Waals surface area contributed by atoms with Gasteiger partial charge in [-0.05, 0) is 35.9 Å². The van der Waals surface area contributed by atoms with Gasteiger partial charge < -0.3 is 5.73 Å². The molecule has 20 heavy (non-hydrogen) atoms. The van der Waals surface area contributed by atoms with Gasteiger partial charge in [0.1, 0.15) is 5.82 Å². The van der Waals surface area contributed by atoms with Crippen molar-refractivity contribution in [2.24, 2.45) is 0 Å². The van der Waals surface area contributed by atoms with Crippen LogP contribution in [-0.2, 0) is 16.6 Å². The van der Waals surface area contributed by atoms with Crippen LogP contribution in [0.2, 0.25) is 5.02 Å². The molecular formula is C13H12ClFN2O2S. The molecule has 0 unspecified atom stereocenters. The van der Waals surface area contributed by atoms with Crippen molar-refractivity contribution in [3.63, 3.8) is 0 Å². The highest BCUT2D eigenvalue weighted by Gasteiger charge is 2.15. The van der Waals surface area contributed by atoms with E-state index in [-0.39, 0.29) is 16.5 Å². The number of anilines is 1. The number of nitrogens with one attached hydrogen (secondary N) is 1. The van der Waals surface area contributed by atoms with Crippen molar-refractivity contribution in [1.29, 1.82) is 0 Å². The summed E-state index contributed by atoms with van der Waals surface area (Å²) in [5.74, 6) is -0.663. The molecule has 0 saturated carbocycles. The summed E-state index contributed by atoms with van der Waals surface area (Å²) in [6.07, 6.45) is 0. The molecule has 0 radical (unpaired) electrons. The van der Waals surface area contributed by atoms with Crippen molar-refractivity contribution in [3.8, 4) is 0 Å². The third kappa shape index (κ3) is 3.47. The quantitative estimate of drug-likeness (QED) is 0.852. The average Bonchev–Trinajstić information content (AvgIpc) is 2.41. The number of sulfonamides is 1. The minimum Gasteiger partial charge on any atom is -0.399 e. The molecule has 4 nitrogen and oxygen atoms in total. The minimum absolute atomic E-state index is 0.0839. The summed E-state index contributed by atoms with van der Waals surface area (Å²) in [6, 6.07) is 10.0. The molecule has 7 heteroatoms. The fraction of sp³-hybridized carbons (Fsp3) is 0.0769. The zero-order chi connectivity index (χ0) is 14.8. The number of nitrogen functional groups attached to an aromatic ring is 1. The number of benzene rings is 2. The van der Waals surface area contributed by atoms with Gasteiger partial charge in [-0.2, -0.15) is 0 Å². The van der Waals surface area contributed by atoms with Gasteiger partial charge in [0.15, 0.2) is 0 Å². The van der Waals surface area contributed by atoms with Crippen molar-refractivity contribution in [3.05, 3.63) is 58.9 Å². The maximum atomic E-state index is 13.0. The smallest absolute Gasteiger partial charge is 0.240 e. The fourth-order valence-corrected chi connectivity index (χ4v) is 2.83. The number of hydrogen-bond donors (Lipinski definition) is 2. The lowest BCUT2D eigenvalue weighted by Crippen LogP contribution is -2.23. The summed E-state index contributed by atoms with van der Waals surface area (Å²) in [5, 5.41) is -0.236. The SMILES string of the molecule is Nc1ccc(CNS(=O)(=O)c2ccc(F)c(Cl)c2)cc1. The van der Waals surface area contributed by atoms with E-state index in [1.165, 1.54) is 0 Å². The van der Waals surface area contributed by atoms with Gasteiger partial charge in [-0.15, -0.1) is 0 Å². The summed E-state index contributed by atoms with van der Waals surface area (Å²) in [4.78, 5) is -0.0839. The lowest BCUT2D eigenvalue weighted by atomic mass is 10.2. The van der Waals surface area contributed by atoms with Gasteiger partial charge in [0, 0.05) is 12.2 Å². The Morgan fingerprint density at radius 3 is 2.40 bits per heavy atom. The molecule has 0 aliphatic rings. The van der Waals surface area contributed by atoms with Crippen LogP contribution < -0.4 is 10.5 Å². The van der Waals surface area contributed by atoms with E-state index in [1.54, 1.807) is 24.3 Å². The van der Waals surface area contributed by atoms with Gasteiger partial charge in [-0.25, -0.2) is 17.5 Å². The van der Waals surface area contributed by atoms with Crippen LogP contribution in [0.5, 0.6) is 0 Å². The molecule has 0 amide bonds. The van der Waals surface area contributed by atoms with Crippen LogP contribution in [0.15, 0.2) is 47.4 Å². The minimum atomic E-state index is -3.74. The number of nitrogens with two attached hydrogens (primary N) is 1. The second-order valence-corrected chi connectivity index (χ2v) is 6.32. The zero-order valence-electron chi connectivity index (χ0n) is 10.3. The highest BCUT2D eigenvalue weighted by Crippen LogP contribution is 2.19. The number of hydrogen-bond acceptors (Lipinski definition) is 3. The summed E-state index contributed by atoms with van der Waals surface area (Å²) in [5.41, 5.74) is 6.90. The molecular weight excluding hydrogens is 303 g/mol. The second kappa shape index (κ2) is 5.78. The molecule has 106 valence electrons. The van der Waals surface area contributed by atoms with E-state index >= 15 is 0 Å². The van der Waals surface area contributed by atoms with E-state index in [4.69, 9.17) is 17.3 Å². The molecule has 0 spiro atoms. The van der Waals surface area contributed by atoms with Crippen molar-refractivity contribution in [2.75, 3.05) is 5.73 Å². The maximum Gasteiger partial charge on any atom is 0.240 e. The lowest BCUT2D eigenvalue weighted by Gasteiger charge is -2.07. The molecule has 0 aliphatic carbocycles. The normalized spacial score (nSPS) is 11.5. The second-order valence-electron chi connectivity index (χ2n) is 4.14. The van der Waals surface area contributed by atoms with Gasteiger partial charge in [-0.3, -0.25) is 0 Å². The van der Waals surface area contributed by atoms with E-state index in [9.17, 15) is 12.8 Å². The van der Waals surface area contributed by atoms with E-state index in [0.29, 0.717) is 5.69 Å². The molecule has 2 aromatic rings. The third-order valence-electron chi connectivity index (χ3n) is 2.65. The first kappa shape index (κ1) is 14.8. The lowest BCUT2D eigenvalue weighted by molar-refractivity contribution is 0.580.